The fourth-order valence-corrected chi connectivity index (χ4v) is 2.72. The number of pyridine rings is 1. The van der Waals surface area contributed by atoms with Crippen LogP contribution in [0.3, 0.4) is 0 Å². The predicted octanol–water partition coefficient (Wildman–Crippen LogP) is 4.56. The average Bonchev–Trinajstić information content (AvgIpc) is 2.19. The Morgan fingerprint density at radius 1 is 1.24 bits per heavy atom. The van der Waals surface area contributed by atoms with Gasteiger partial charge in [-0.1, -0.05) is 37.0 Å². The molecule has 1 heterocycles. The highest BCUT2D eigenvalue weighted by atomic mass is 35.5. The van der Waals surface area contributed by atoms with Crippen molar-refractivity contribution in [3.63, 3.8) is 0 Å². The van der Waals surface area contributed by atoms with E-state index in [1.807, 2.05) is 13.0 Å². The summed E-state index contributed by atoms with van der Waals surface area (Å²) >= 11 is 12.1. The minimum absolute atomic E-state index is 0.324. The van der Waals surface area contributed by atoms with E-state index in [9.17, 15) is 0 Å². The number of aryl methyl sites for hydroxylation is 1. The van der Waals surface area contributed by atoms with E-state index in [4.69, 9.17) is 28.9 Å². The number of hydrogen-bond acceptors (Lipinski definition) is 2. The third-order valence-corrected chi connectivity index (χ3v) is 3.36. The molecule has 0 spiro atoms. The highest BCUT2D eigenvalue weighted by molar-refractivity contribution is 6.38. The molecule has 17 heavy (non-hydrogen) atoms. The third kappa shape index (κ3) is 2.07. The molecule has 0 aliphatic rings. The lowest BCUT2D eigenvalue weighted by Crippen LogP contribution is -2.03. The molecule has 0 bridgehead atoms. The van der Waals surface area contributed by atoms with Crippen LogP contribution in [0.25, 0.3) is 10.9 Å². The van der Waals surface area contributed by atoms with E-state index in [-0.39, 0.29) is 0 Å². The number of rotatable bonds is 1. The predicted molar refractivity (Wildman–Crippen MR) is 75.0 cm³/mol. The Hall–Kier alpha value is -0.990. The van der Waals surface area contributed by atoms with Crippen LogP contribution in [0, 0.1) is 6.92 Å². The molecule has 0 atom stereocenters. The van der Waals surface area contributed by atoms with Crippen molar-refractivity contribution >= 4 is 39.8 Å². The lowest BCUT2D eigenvalue weighted by molar-refractivity contribution is 0.851. The molecule has 2 aromatic rings. The Bertz CT molecular complexity index is 592. The molecular formula is C13H14Cl2N2. The van der Waals surface area contributed by atoms with Crippen molar-refractivity contribution in [2.75, 3.05) is 5.73 Å². The molecule has 4 heteroatoms. The van der Waals surface area contributed by atoms with Crippen LogP contribution in [0.15, 0.2) is 12.1 Å². The molecule has 0 aliphatic carbocycles. The molecule has 90 valence electrons. The first kappa shape index (κ1) is 12.5. The molecular weight excluding hydrogens is 255 g/mol. The van der Waals surface area contributed by atoms with Crippen molar-refractivity contribution in [3.8, 4) is 0 Å². The minimum Gasteiger partial charge on any atom is -0.398 e. The zero-order valence-corrected chi connectivity index (χ0v) is 11.5. The fraction of sp³-hybridized carbons (Fsp3) is 0.308. The number of aromatic nitrogens is 1. The van der Waals surface area contributed by atoms with E-state index < -0.39 is 0 Å². The molecule has 1 aromatic heterocycles. The van der Waals surface area contributed by atoms with Crippen molar-refractivity contribution in [2.24, 2.45) is 0 Å². The van der Waals surface area contributed by atoms with Crippen LogP contribution in [0.4, 0.5) is 5.69 Å². The van der Waals surface area contributed by atoms with E-state index in [2.05, 4.69) is 18.8 Å². The van der Waals surface area contributed by atoms with E-state index in [1.54, 1.807) is 6.07 Å². The Labute approximate surface area is 111 Å². The lowest BCUT2D eigenvalue weighted by atomic mass is 9.97. The van der Waals surface area contributed by atoms with Crippen LogP contribution < -0.4 is 5.73 Å². The first-order valence-corrected chi connectivity index (χ1v) is 6.22. The minimum atomic E-state index is 0.324. The summed E-state index contributed by atoms with van der Waals surface area (Å²) in [5.74, 6) is 0.324. The number of hydrogen-bond donors (Lipinski definition) is 1. The molecule has 0 aliphatic heterocycles. The van der Waals surface area contributed by atoms with Gasteiger partial charge in [0.1, 0.15) is 0 Å². The molecule has 2 nitrogen and oxygen atoms in total. The summed E-state index contributed by atoms with van der Waals surface area (Å²) in [6.07, 6.45) is 0. The summed E-state index contributed by atoms with van der Waals surface area (Å²) in [6, 6.07) is 3.50. The van der Waals surface area contributed by atoms with E-state index in [1.165, 1.54) is 0 Å². The molecule has 0 fully saturated rings. The molecule has 0 radical (unpaired) electrons. The van der Waals surface area contributed by atoms with Gasteiger partial charge in [0.25, 0.3) is 0 Å². The van der Waals surface area contributed by atoms with E-state index in [0.717, 1.165) is 27.8 Å². The zero-order valence-electron chi connectivity index (χ0n) is 10.0. The maximum atomic E-state index is 6.20. The molecule has 0 amide bonds. The van der Waals surface area contributed by atoms with Crippen LogP contribution in [-0.2, 0) is 0 Å². The van der Waals surface area contributed by atoms with Gasteiger partial charge in [0.2, 0.25) is 0 Å². The number of benzene rings is 1. The van der Waals surface area contributed by atoms with Crippen molar-refractivity contribution in [2.45, 2.75) is 26.7 Å². The summed E-state index contributed by atoms with van der Waals surface area (Å²) in [6.45, 7) is 6.15. The van der Waals surface area contributed by atoms with Crippen molar-refractivity contribution in [3.05, 3.63) is 33.4 Å². The number of nitrogens with zero attached hydrogens (tertiary/aromatic N) is 1. The van der Waals surface area contributed by atoms with Crippen LogP contribution in [0.2, 0.25) is 10.0 Å². The first-order chi connectivity index (χ1) is 7.91. The van der Waals surface area contributed by atoms with Gasteiger partial charge < -0.3 is 5.73 Å². The van der Waals surface area contributed by atoms with Gasteiger partial charge in [-0.3, -0.25) is 4.98 Å². The topological polar surface area (TPSA) is 38.9 Å². The summed E-state index contributed by atoms with van der Waals surface area (Å²) in [4.78, 5) is 4.53. The van der Waals surface area contributed by atoms with Crippen LogP contribution in [0.5, 0.6) is 0 Å². The van der Waals surface area contributed by atoms with Crippen LogP contribution in [0.1, 0.15) is 31.0 Å². The van der Waals surface area contributed by atoms with E-state index >= 15 is 0 Å². The summed E-state index contributed by atoms with van der Waals surface area (Å²) < 4.78 is 0. The Morgan fingerprint density at radius 3 is 2.47 bits per heavy atom. The Morgan fingerprint density at radius 2 is 1.88 bits per heavy atom. The van der Waals surface area contributed by atoms with E-state index in [0.29, 0.717) is 16.0 Å². The van der Waals surface area contributed by atoms with Crippen LogP contribution in [-0.4, -0.2) is 4.98 Å². The normalized spacial score (nSPS) is 11.4. The number of halogens is 2. The first-order valence-electron chi connectivity index (χ1n) is 5.46. The number of anilines is 1. The number of fused-ring (bicyclic) bond motifs is 1. The molecule has 0 saturated carbocycles. The smallest absolute Gasteiger partial charge is 0.0913 e. The van der Waals surface area contributed by atoms with Gasteiger partial charge >= 0.3 is 0 Å². The summed E-state index contributed by atoms with van der Waals surface area (Å²) in [5, 5.41) is 1.95. The highest BCUT2D eigenvalue weighted by Gasteiger charge is 2.15. The summed E-state index contributed by atoms with van der Waals surface area (Å²) in [7, 11) is 0. The second kappa shape index (κ2) is 4.35. The molecule has 0 saturated heterocycles. The molecule has 2 rings (SSSR count). The van der Waals surface area contributed by atoms with Gasteiger partial charge in [0, 0.05) is 21.8 Å². The zero-order chi connectivity index (χ0) is 12.7. The number of nitrogens with two attached hydrogens (primary N) is 1. The fourth-order valence-electron chi connectivity index (χ4n) is 2.18. The standard InChI is InChI=1S/C13H14Cl2N2/c1-6(2)11-7(3)17-13-9(12(11)16)4-8(14)5-10(13)15/h4-6H,1-3H3,(H2,16,17). The second-order valence-corrected chi connectivity index (χ2v) is 5.31. The molecule has 1 aromatic carbocycles. The molecule has 0 unspecified atom stereocenters. The average molecular weight is 269 g/mol. The van der Waals surface area contributed by atoms with Crippen molar-refractivity contribution < 1.29 is 0 Å². The number of nitrogen functional groups attached to an aromatic ring is 1. The van der Waals surface area contributed by atoms with Gasteiger partial charge in [-0.25, -0.2) is 0 Å². The van der Waals surface area contributed by atoms with Gasteiger partial charge in [0.15, 0.2) is 0 Å². The lowest BCUT2D eigenvalue weighted by Gasteiger charge is -2.15. The van der Waals surface area contributed by atoms with Crippen molar-refractivity contribution in [1.29, 1.82) is 0 Å². The maximum absolute atomic E-state index is 6.20. The van der Waals surface area contributed by atoms with Gasteiger partial charge in [-0.15, -0.1) is 0 Å². The monoisotopic (exact) mass is 268 g/mol. The second-order valence-electron chi connectivity index (χ2n) is 4.46. The van der Waals surface area contributed by atoms with Gasteiger partial charge in [-0.2, -0.15) is 0 Å². The van der Waals surface area contributed by atoms with Crippen molar-refractivity contribution in [1.82, 2.24) is 4.98 Å². The Kier molecular flexibility index (Phi) is 3.19. The maximum Gasteiger partial charge on any atom is 0.0913 e. The summed E-state index contributed by atoms with van der Waals surface area (Å²) in [5.41, 5.74) is 9.64. The SMILES string of the molecule is Cc1nc2c(Cl)cc(Cl)cc2c(N)c1C(C)C. The molecule has 2 N–H and O–H groups in total. The van der Waals surface area contributed by atoms with Crippen LogP contribution >= 0.6 is 23.2 Å². The quantitative estimate of drug-likeness (QED) is 0.824. The third-order valence-electron chi connectivity index (χ3n) is 2.86. The van der Waals surface area contributed by atoms with Gasteiger partial charge in [-0.05, 0) is 30.5 Å². The largest absolute Gasteiger partial charge is 0.398 e. The van der Waals surface area contributed by atoms with Gasteiger partial charge in [0.05, 0.1) is 10.5 Å². The Balaban J connectivity index is 2.92. The highest BCUT2D eigenvalue weighted by Crippen LogP contribution is 2.35.